The summed E-state index contributed by atoms with van der Waals surface area (Å²) in [6.45, 7) is 2.57. The van der Waals surface area contributed by atoms with Crippen LogP contribution < -0.4 is 10.9 Å². The Morgan fingerprint density at radius 2 is 2.22 bits per heavy atom. The average molecular weight is 407 g/mol. The number of halogens is 1. The maximum absolute atomic E-state index is 13.5. The second kappa shape index (κ2) is 8.64. The molecule has 0 aliphatic rings. The van der Waals surface area contributed by atoms with E-state index in [4.69, 9.17) is 4.74 Å². The normalized spacial score (nSPS) is 11.1. The van der Waals surface area contributed by atoms with Gasteiger partial charge in [-0.25, -0.2) is 9.37 Å². The zero-order valence-corrected chi connectivity index (χ0v) is 16.5. The van der Waals surface area contributed by atoms with E-state index in [9.17, 15) is 14.0 Å². The van der Waals surface area contributed by atoms with E-state index in [1.54, 1.807) is 31.5 Å². The zero-order chi connectivity index (χ0) is 19.4. The molecule has 0 atom stereocenters. The molecule has 142 valence electrons. The number of thioether (sulfide) groups is 1. The summed E-state index contributed by atoms with van der Waals surface area (Å²) in [7, 11) is 1.56. The number of methoxy groups -OCH3 is 1. The molecule has 3 aromatic rings. The minimum absolute atomic E-state index is 0.103. The van der Waals surface area contributed by atoms with Crippen molar-refractivity contribution in [1.29, 1.82) is 0 Å². The highest BCUT2D eigenvalue weighted by atomic mass is 32.2. The Balaban J connectivity index is 1.98. The van der Waals surface area contributed by atoms with E-state index in [1.165, 1.54) is 28.0 Å². The quantitative estimate of drug-likeness (QED) is 0.370. The standard InChI is InChI=1S/C18H18FN3O3S2/c1-11-9-12(19)3-4-14(11)22-17(24)16-13(5-8-26-16)21-18(22)27-10-15(23)20-6-7-25-2/h3-5,8-9H,6-7,10H2,1-2H3,(H,20,23). The molecular weight excluding hydrogens is 389 g/mol. The highest BCUT2D eigenvalue weighted by Gasteiger charge is 2.17. The number of benzene rings is 1. The first-order valence-electron chi connectivity index (χ1n) is 8.16. The first kappa shape index (κ1) is 19.5. The van der Waals surface area contributed by atoms with Gasteiger partial charge in [0.1, 0.15) is 10.5 Å². The molecule has 0 aliphatic carbocycles. The Hall–Kier alpha value is -2.23. The van der Waals surface area contributed by atoms with Crippen LogP contribution >= 0.6 is 23.1 Å². The Labute approximate surface area is 163 Å². The van der Waals surface area contributed by atoms with Crippen LogP contribution in [0.1, 0.15) is 5.56 Å². The minimum Gasteiger partial charge on any atom is -0.383 e. The summed E-state index contributed by atoms with van der Waals surface area (Å²) in [6.07, 6.45) is 0. The third-order valence-electron chi connectivity index (χ3n) is 3.81. The molecule has 0 spiro atoms. The van der Waals surface area contributed by atoms with Gasteiger partial charge in [-0.3, -0.25) is 14.2 Å². The van der Waals surface area contributed by atoms with Crippen LogP contribution in [0.4, 0.5) is 4.39 Å². The van der Waals surface area contributed by atoms with Crippen molar-refractivity contribution in [1.82, 2.24) is 14.9 Å². The van der Waals surface area contributed by atoms with Crippen molar-refractivity contribution >= 4 is 39.2 Å². The Morgan fingerprint density at radius 3 is 2.96 bits per heavy atom. The lowest BCUT2D eigenvalue weighted by atomic mass is 10.2. The zero-order valence-electron chi connectivity index (χ0n) is 14.8. The SMILES string of the molecule is COCCNC(=O)CSc1nc2ccsc2c(=O)n1-c1ccc(F)cc1C. The number of thiophene rings is 1. The van der Waals surface area contributed by atoms with Crippen molar-refractivity contribution in [3.63, 3.8) is 0 Å². The van der Waals surface area contributed by atoms with Gasteiger partial charge in [0.2, 0.25) is 5.91 Å². The number of hydrogen-bond donors (Lipinski definition) is 1. The van der Waals surface area contributed by atoms with Gasteiger partial charge in [-0.05, 0) is 42.1 Å². The van der Waals surface area contributed by atoms with Crippen LogP contribution in [0.15, 0.2) is 39.6 Å². The Morgan fingerprint density at radius 1 is 1.41 bits per heavy atom. The fraction of sp³-hybridized carbons (Fsp3) is 0.278. The highest BCUT2D eigenvalue weighted by Crippen LogP contribution is 2.25. The van der Waals surface area contributed by atoms with Crippen molar-refractivity contribution in [2.75, 3.05) is 26.0 Å². The molecule has 3 rings (SSSR count). The molecule has 27 heavy (non-hydrogen) atoms. The van der Waals surface area contributed by atoms with E-state index in [1.807, 2.05) is 0 Å². The first-order chi connectivity index (χ1) is 13.0. The molecule has 2 heterocycles. The monoisotopic (exact) mass is 407 g/mol. The summed E-state index contributed by atoms with van der Waals surface area (Å²) >= 11 is 2.47. The van der Waals surface area contributed by atoms with Gasteiger partial charge >= 0.3 is 0 Å². The number of hydrogen-bond acceptors (Lipinski definition) is 6. The number of fused-ring (bicyclic) bond motifs is 1. The van der Waals surface area contributed by atoms with Gasteiger partial charge < -0.3 is 10.1 Å². The number of rotatable bonds is 7. The largest absolute Gasteiger partial charge is 0.383 e. The van der Waals surface area contributed by atoms with E-state index in [-0.39, 0.29) is 23.0 Å². The third-order valence-corrected chi connectivity index (χ3v) is 5.64. The number of carbonyl (C=O) groups excluding carboxylic acids is 1. The molecular formula is C18H18FN3O3S2. The predicted molar refractivity (Wildman–Crippen MR) is 106 cm³/mol. The summed E-state index contributed by atoms with van der Waals surface area (Å²) in [4.78, 5) is 29.6. The van der Waals surface area contributed by atoms with Crippen molar-refractivity contribution in [3.05, 3.63) is 51.4 Å². The summed E-state index contributed by atoms with van der Waals surface area (Å²) < 4.78 is 20.4. The molecule has 0 radical (unpaired) electrons. The lowest BCUT2D eigenvalue weighted by Gasteiger charge is -2.14. The van der Waals surface area contributed by atoms with Crippen LogP contribution in [0.2, 0.25) is 0 Å². The molecule has 0 bridgehead atoms. The van der Waals surface area contributed by atoms with Gasteiger partial charge in [0.25, 0.3) is 5.56 Å². The lowest BCUT2D eigenvalue weighted by molar-refractivity contribution is -0.118. The van der Waals surface area contributed by atoms with Crippen LogP contribution in [0.25, 0.3) is 15.9 Å². The van der Waals surface area contributed by atoms with Crippen molar-refractivity contribution in [2.24, 2.45) is 0 Å². The predicted octanol–water partition coefficient (Wildman–Crippen LogP) is 2.75. The van der Waals surface area contributed by atoms with E-state index in [2.05, 4.69) is 10.3 Å². The number of ether oxygens (including phenoxy) is 1. The van der Waals surface area contributed by atoms with Gasteiger partial charge in [0, 0.05) is 13.7 Å². The summed E-state index contributed by atoms with van der Waals surface area (Å²) in [6, 6.07) is 5.99. The smallest absolute Gasteiger partial charge is 0.276 e. The first-order valence-corrected chi connectivity index (χ1v) is 10.0. The topological polar surface area (TPSA) is 73.2 Å². The van der Waals surface area contributed by atoms with Crippen LogP contribution in [0.5, 0.6) is 0 Å². The second-order valence-corrected chi connectivity index (χ2v) is 7.59. The number of nitrogens with zero attached hydrogens (tertiary/aromatic N) is 2. The molecule has 1 amide bonds. The molecule has 1 N–H and O–H groups in total. The maximum Gasteiger partial charge on any atom is 0.276 e. The fourth-order valence-corrected chi connectivity index (χ4v) is 4.14. The Kier molecular flexibility index (Phi) is 6.25. The summed E-state index contributed by atoms with van der Waals surface area (Å²) in [5, 5.41) is 4.92. The summed E-state index contributed by atoms with van der Waals surface area (Å²) in [5.74, 6) is -0.452. The third kappa shape index (κ3) is 4.37. The summed E-state index contributed by atoms with van der Waals surface area (Å²) in [5.41, 5.74) is 1.52. The molecule has 0 unspecified atom stereocenters. The van der Waals surface area contributed by atoms with Gasteiger partial charge in [0.05, 0.1) is 23.6 Å². The molecule has 0 saturated carbocycles. The van der Waals surface area contributed by atoms with Gasteiger partial charge in [-0.2, -0.15) is 0 Å². The van der Waals surface area contributed by atoms with Crippen LogP contribution in [-0.2, 0) is 9.53 Å². The number of amides is 1. The van der Waals surface area contributed by atoms with Crippen LogP contribution in [0.3, 0.4) is 0 Å². The Bertz CT molecular complexity index is 1030. The van der Waals surface area contributed by atoms with E-state index >= 15 is 0 Å². The van der Waals surface area contributed by atoms with Crippen molar-refractivity contribution in [2.45, 2.75) is 12.1 Å². The second-order valence-electron chi connectivity index (χ2n) is 5.73. The highest BCUT2D eigenvalue weighted by molar-refractivity contribution is 7.99. The molecule has 0 aliphatic heterocycles. The number of nitrogens with one attached hydrogen (secondary N) is 1. The van der Waals surface area contributed by atoms with Crippen molar-refractivity contribution < 1.29 is 13.9 Å². The molecule has 0 fully saturated rings. The van der Waals surface area contributed by atoms with Crippen LogP contribution in [-0.4, -0.2) is 41.5 Å². The molecule has 1 aromatic carbocycles. The van der Waals surface area contributed by atoms with E-state index in [0.717, 1.165) is 11.8 Å². The van der Waals surface area contributed by atoms with E-state index < -0.39 is 0 Å². The maximum atomic E-state index is 13.5. The van der Waals surface area contributed by atoms with Crippen LogP contribution in [0, 0.1) is 12.7 Å². The molecule has 6 nitrogen and oxygen atoms in total. The lowest BCUT2D eigenvalue weighted by Crippen LogP contribution is -2.29. The molecule has 0 saturated heterocycles. The fourth-order valence-electron chi connectivity index (χ4n) is 2.54. The molecule has 2 aromatic heterocycles. The number of aryl methyl sites for hydroxylation is 1. The van der Waals surface area contributed by atoms with E-state index in [0.29, 0.717) is 39.8 Å². The number of aromatic nitrogens is 2. The van der Waals surface area contributed by atoms with Gasteiger partial charge in [-0.15, -0.1) is 11.3 Å². The number of carbonyl (C=O) groups is 1. The average Bonchev–Trinajstić information content (AvgIpc) is 3.10. The molecule has 9 heteroatoms. The van der Waals surface area contributed by atoms with Crippen molar-refractivity contribution in [3.8, 4) is 5.69 Å². The van der Waals surface area contributed by atoms with Gasteiger partial charge in [0.15, 0.2) is 5.16 Å². The minimum atomic E-state index is -0.374. The van der Waals surface area contributed by atoms with Gasteiger partial charge in [-0.1, -0.05) is 11.8 Å².